The summed E-state index contributed by atoms with van der Waals surface area (Å²) < 4.78 is 11.0. The van der Waals surface area contributed by atoms with E-state index < -0.39 is 0 Å². The van der Waals surface area contributed by atoms with E-state index in [4.69, 9.17) is 9.47 Å². The third-order valence-electron chi connectivity index (χ3n) is 2.68. The predicted octanol–water partition coefficient (Wildman–Crippen LogP) is 3.02. The molecule has 0 aliphatic rings. The summed E-state index contributed by atoms with van der Waals surface area (Å²) in [4.78, 5) is 0. The molecule has 0 fully saturated rings. The molecule has 1 rings (SSSR count). The molecule has 1 unspecified atom stereocenters. The van der Waals surface area contributed by atoms with Crippen LogP contribution in [0.4, 0.5) is 0 Å². The summed E-state index contributed by atoms with van der Waals surface area (Å²) in [5, 5.41) is 3.44. The predicted molar refractivity (Wildman–Crippen MR) is 75.1 cm³/mol. The van der Waals surface area contributed by atoms with E-state index in [0.717, 1.165) is 18.9 Å². The molecular weight excluding hydrogens is 226 g/mol. The number of benzene rings is 1. The Morgan fingerprint density at radius 2 is 2.00 bits per heavy atom. The molecule has 3 heteroatoms. The quantitative estimate of drug-likeness (QED) is 0.770. The lowest BCUT2D eigenvalue weighted by Gasteiger charge is -2.19. The second kappa shape index (κ2) is 8.11. The topological polar surface area (TPSA) is 30.5 Å². The molecule has 1 N–H and O–H groups in total. The van der Waals surface area contributed by atoms with Gasteiger partial charge in [0.25, 0.3) is 0 Å². The van der Waals surface area contributed by atoms with Crippen molar-refractivity contribution in [2.45, 2.75) is 26.8 Å². The summed E-state index contributed by atoms with van der Waals surface area (Å²) in [6, 6.07) is 8.37. The molecule has 3 nitrogen and oxygen atoms in total. The van der Waals surface area contributed by atoms with Gasteiger partial charge in [0.15, 0.2) is 0 Å². The van der Waals surface area contributed by atoms with Crippen molar-refractivity contribution in [2.24, 2.45) is 5.92 Å². The summed E-state index contributed by atoms with van der Waals surface area (Å²) in [5.74, 6) is 1.46. The second-order valence-corrected chi connectivity index (χ2v) is 4.82. The van der Waals surface area contributed by atoms with Crippen LogP contribution >= 0.6 is 0 Å². The number of nitrogens with one attached hydrogen (secondary N) is 1. The molecule has 102 valence electrons. The van der Waals surface area contributed by atoms with Gasteiger partial charge in [0.05, 0.1) is 19.8 Å². The van der Waals surface area contributed by atoms with Crippen LogP contribution < -0.4 is 10.1 Å². The molecule has 0 aliphatic heterocycles. The molecule has 0 radical (unpaired) electrons. The van der Waals surface area contributed by atoms with Crippen molar-refractivity contribution in [1.82, 2.24) is 5.32 Å². The van der Waals surface area contributed by atoms with Crippen molar-refractivity contribution in [3.63, 3.8) is 0 Å². The normalized spacial score (nSPS) is 12.7. The van der Waals surface area contributed by atoms with E-state index in [9.17, 15) is 0 Å². The zero-order valence-corrected chi connectivity index (χ0v) is 11.9. The minimum atomic E-state index is 0.226. The number of methoxy groups -OCH3 is 1. The lowest BCUT2D eigenvalue weighted by Crippen LogP contribution is -2.26. The van der Waals surface area contributed by atoms with Crippen molar-refractivity contribution >= 4 is 0 Å². The lowest BCUT2D eigenvalue weighted by atomic mass is 10.1. The Bertz CT molecular complexity index is 339. The van der Waals surface area contributed by atoms with E-state index in [0.29, 0.717) is 12.5 Å². The van der Waals surface area contributed by atoms with Gasteiger partial charge in [0.1, 0.15) is 5.75 Å². The Balaban J connectivity index is 2.64. The summed E-state index contributed by atoms with van der Waals surface area (Å²) in [7, 11) is 1.69. The van der Waals surface area contributed by atoms with Crippen LogP contribution in [0.1, 0.15) is 32.4 Å². The fraction of sp³-hybridized carbons (Fsp3) is 0.600. The average molecular weight is 251 g/mol. The van der Waals surface area contributed by atoms with Gasteiger partial charge < -0.3 is 14.8 Å². The van der Waals surface area contributed by atoms with Crippen LogP contribution in [0.15, 0.2) is 24.3 Å². The first-order valence-corrected chi connectivity index (χ1v) is 6.62. The van der Waals surface area contributed by atoms with Crippen molar-refractivity contribution in [3.8, 4) is 5.75 Å². The standard InChI is InChI=1S/C15H25NO2/c1-5-16-15(11-18-10-12(2)3)13-7-6-8-14(9-13)17-4/h6-9,12,15-16H,5,10-11H2,1-4H3. The maximum absolute atomic E-state index is 5.73. The highest BCUT2D eigenvalue weighted by molar-refractivity contribution is 5.30. The molecule has 0 saturated carbocycles. The minimum absolute atomic E-state index is 0.226. The molecule has 0 spiro atoms. The minimum Gasteiger partial charge on any atom is -0.497 e. The van der Waals surface area contributed by atoms with E-state index >= 15 is 0 Å². The molecule has 1 aromatic rings. The van der Waals surface area contributed by atoms with Gasteiger partial charge in [0, 0.05) is 6.61 Å². The molecule has 0 heterocycles. The number of ether oxygens (including phenoxy) is 2. The van der Waals surface area contributed by atoms with Crippen molar-refractivity contribution in [3.05, 3.63) is 29.8 Å². The Labute approximate surface area is 110 Å². The zero-order valence-electron chi connectivity index (χ0n) is 11.9. The first kappa shape index (κ1) is 15.0. The third-order valence-corrected chi connectivity index (χ3v) is 2.68. The maximum atomic E-state index is 5.73. The van der Waals surface area contributed by atoms with Crippen LogP contribution in [0.3, 0.4) is 0 Å². The molecule has 1 atom stereocenters. The highest BCUT2D eigenvalue weighted by Gasteiger charge is 2.11. The van der Waals surface area contributed by atoms with E-state index in [1.807, 2.05) is 12.1 Å². The fourth-order valence-corrected chi connectivity index (χ4v) is 1.80. The highest BCUT2D eigenvalue weighted by atomic mass is 16.5. The summed E-state index contributed by atoms with van der Waals surface area (Å²) in [6.45, 7) is 8.84. The van der Waals surface area contributed by atoms with Crippen LogP contribution in [0, 0.1) is 5.92 Å². The van der Waals surface area contributed by atoms with Crippen LogP contribution in [-0.2, 0) is 4.74 Å². The van der Waals surface area contributed by atoms with E-state index in [-0.39, 0.29) is 6.04 Å². The monoisotopic (exact) mass is 251 g/mol. The number of rotatable bonds is 8. The second-order valence-electron chi connectivity index (χ2n) is 4.82. The average Bonchev–Trinajstić information content (AvgIpc) is 2.37. The summed E-state index contributed by atoms with van der Waals surface area (Å²) in [5.41, 5.74) is 1.21. The Morgan fingerprint density at radius 1 is 1.22 bits per heavy atom. The lowest BCUT2D eigenvalue weighted by molar-refractivity contribution is 0.0905. The molecule has 0 saturated heterocycles. The van der Waals surface area contributed by atoms with Gasteiger partial charge >= 0.3 is 0 Å². The van der Waals surface area contributed by atoms with Gasteiger partial charge in [-0.1, -0.05) is 32.9 Å². The van der Waals surface area contributed by atoms with Gasteiger partial charge in [-0.25, -0.2) is 0 Å². The Hall–Kier alpha value is -1.06. The van der Waals surface area contributed by atoms with Crippen LogP contribution in [0.2, 0.25) is 0 Å². The van der Waals surface area contributed by atoms with Crippen LogP contribution in [0.5, 0.6) is 5.75 Å². The molecule has 0 aromatic heterocycles. The Morgan fingerprint density at radius 3 is 2.61 bits per heavy atom. The first-order chi connectivity index (χ1) is 8.67. The SMILES string of the molecule is CCNC(COCC(C)C)c1cccc(OC)c1. The first-order valence-electron chi connectivity index (χ1n) is 6.62. The van der Waals surface area contributed by atoms with Gasteiger partial charge in [-0.15, -0.1) is 0 Å². The number of hydrogen-bond acceptors (Lipinski definition) is 3. The van der Waals surface area contributed by atoms with Gasteiger partial charge in [0.2, 0.25) is 0 Å². The van der Waals surface area contributed by atoms with E-state index in [2.05, 4.69) is 38.2 Å². The largest absolute Gasteiger partial charge is 0.497 e. The molecule has 0 bridgehead atoms. The molecule has 18 heavy (non-hydrogen) atoms. The summed E-state index contributed by atoms with van der Waals surface area (Å²) in [6.07, 6.45) is 0. The third kappa shape index (κ3) is 5.07. The van der Waals surface area contributed by atoms with Crippen molar-refractivity contribution in [2.75, 3.05) is 26.9 Å². The van der Waals surface area contributed by atoms with Gasteiger partial charge in [-0.3, -0.25) is 0 Å². The maximum Gasteiger partial charge on any atom is 0.119 e. The van der Waals surface area contributed by atoms with Gasteiger partial charge in [-0.2, -0.15) is 0 Å². The summed E-state index contributed by atoms with van der Waals surface area (Å²) >= 11 is 0. The molecule has 1 aromatic carbocycles. The van der Waals surface area contributed by atoms with Crippen molar-refractivity contribution in [1.29, 1.82) is 0 Å². The fourth-order valence-electron chi connectivity index (χ4n) is 1.80. The van der Waals surface area contributed by atoms with Crippen LogP contribution in [0.25, 0.3) is 0 Å². The molecule has 0 aliphatic carbocycles. The molecular formula is C15H25NO2. The zero-order chi connectivity index (χ0) is 13.4. The van der Waals surface area contributed by atoms with Gasteiger partial charge in [-0.05, 0) is 30.2 Å². The smallest absolute Gasteiger partial charge is 0.119 e. The van der Waals surface area contributed by atoms with Crippen molar-refractivity contribution < 1.29 is 9.47 Å². The van der Waals surface area contributed by atoms with Crippen LogP contribution in [-0.4, -0.2) is 26.9 Å². The van der Waals surface area contributed by atoms with E-state index in [1.54, 1.807) is 7.11 Å². The molecule has 0 amide bonds. The van der Waals surface area contributed by atoms with E-state index in [1.165, 1.54) is 5.56 Å². The Kier molecular flexibility index (Phi) is 6.76. The number of hydrogen-bond donors (Lipinski definition) is 1. The highest BCUT2D eigenvalue weighted by Crippen LogP contribution is 2.19. The number of likely N-dealkylation sites (N-methyl/N-ethyl adjacent to an activating group) is 1.